The molecule has 1 aromatic heterocycles. The summed E-state index contributed by atoms with van der Waals surface area (Å²) in [5, 5.41) is 3.09. The fraction of sp³-hybridized carbons (Fsp3) is 0.615. The summed E-state index contributed by atoms with van der Waals surface area (Å²) in [6, 6.07) is 1.39. The number of nitrogens with one attached hydrogen (secondary N) is 1. The number of nitrogens with zero attached hydrogens (tertiary/aromatic N) is 3. The van der Waals surface area contributed by atoms with Gasteiger partial charge in [-0.05, 0) is 26.2 Å². The lowest BCUT2D eigenvalue weighted by Gasteiger charge is -2.29. The molecule has 19 heavy (non-hydrogen) atoms. The van der Waals surface area contributed by atoms with Crippen LogP contribution in [0.5, 0.6) is 5.88 Å². The van der Waals surface area contributed by atoms with Crippen LogP contribution in [-0.2, 0) is 4.79 Å². The highest BCUT2D eigenvalue weighted by Gasteiger charge is 2.22. The molecule has 1 saturated heterocycles. The molecular weight excluding hydrogens is 244 g/mol. The SMILES string of the molecule is COc1cc(NC(C)C(=O)N2CCCCC2)ncn1. The van der Waals surface area contributed by atoms with Crippen LogP contribution in [0.2, 0.25) is 0 Å². The van der Waals surface area contributed by atoms with E-state index in [1.54, 1.807) is 13.2 Å². The number of anilines is 1. The van der Waals surface area contributed by atoms with Gasteiger partial charge >= 0.3 is 0 Å². The molecule has 1 amide bonds. The lowest BCUT2D eigenvalue weighted by Crippen LogP contribution is -2.44. The summed E-state index contributed by atoms with van der Waals surface area (Å²) in [7, 11) is 1.55. The largest absolute Gasteiger partial charge is 0.481 e. The highest BCUT2D eigenvalue weighted by molar-refractivity contribution is 5.84. The highest BCUT2D eigenvalue weighted by atomic mass is 16.5. The molecule has 0 aliphatic carbocycles. The number of amides is 1. The summed E-state index contributed by atoms with van der Waals surface area (Å²) in [6.07, 6.45) is 4.83. The van der Waals surface area contributed by atoms with Crippen molar-refractivity contribution in [3.05, 3.63) is 12.4 Å². The molecule has 1 aliphatic rings. The number of ether oxygens (including phenoxy) is 1. The van der Waals surface area contributed by atoms with Crippen LogP contribution in [0, 0.1) is 0 Å². The molecule has 0 aromatic carbocycles. The maximum atomic E-state index is 12.2. The molecule has 1 fully saturated rings. The van der Waals surface area contributed by atoms with E-state index < -0.39 is 0 Å². The van der Waals surface area contributed by atoms with Crippen molar-refractivity contribution in [2.24, 2.45) is 0 Å². The van der Waals surface area contributed by atoms with Crippen LogP contribution < -0.4 is 10.1 Å². The number of carbonyl (C=O) groups is 1. The number of likely N-dealkylation sites (tertiary alicyclic amines) is 1. The Labute approximate surface area is 113 Å². The molecule has 1 unspecified atom stereocenters. The van der Waals surface area contributed by atoms with E-state index in [-0.39, 0.29) is 11.9 Å². The van der Waals surface area contributed by atoms with Crippen molar-refractivity contribution < 1.29 is 9.53 Å². The van der Waals surface area contributed by atoms with Crippen LogP contribution in [-0.4, -0.2) is 47.0 Å². The zero-order chi connectivity index (χ0) is 13.7. The molecule has 1 aromatic rings. The van der Waals surface area contributed by atoms with Gasteiger partial charge in [-0.25, -0.2) is 9.97 Å². The Kier molecular flexibility index (Phi) is 4.54. The predicted molar refractivity (Wildman–Crippen MR) is 72.1 cm³/mol. The predicted octanol–water partition coefficient (Wildman–Crippen LogP) is 1.30. The Bertz CT molecular complexity index is 432. The Hall–Kier alpha value is -1.85. The van der Waals surface area contributed by atoms with Gasteiger partial charge in [0.2, 0.25) is 11.8 Å². The lowest BCUT2D eigenvalue weighted by molar-refractivity contribution is -0.132. The molecule has 104 valence electrons. The smallest absolute Gasteiger partial charge is 0.244 e. The third-order valence-electron chi connectivity index (χ3n) is 3.25. The zero-order valence-corrected chi connectivity index (χ0v) is 11.4. The van der Waals surface area contributed by atoms with Gasteiger partial charge in [0.15, 0.2) is 0 Å². The fourth-order valence-corrected chi connectivity index (χ4v) is 2.20. The second-order valence-electron chi connectivity index (χ2n) is 4.70. The molecule has 0 radical (unpaired) electrons. The average Bonchev–Trinajstić information content (AvgIpc) is 2.47. The van der Waals surface area contributed by atoms with Crippen molar-refractivity contribution in [3.63, 3.8) is 0 Å². The molecule has 0 spiro atoms. The van der Waals surface area contributed by atoms with Crippen molar-refractivity contribution in [2.75, 3.05) is 25.5 Å². The van der Waals surface area contributed by atoms with Crippen molar-refractivity contribution in [1.82, 2.24) is 14.9 Å². The first-order chi connectivity index (χ1) is 9.20. The standard InChI is InChI=1S/C13H20N4O2/c1-10(13(18)17-6-4-3-5-7-17)16-11-8-12(19-2)15-9-14-11/h8-10H,3-7H2,1-2H3,(H,14,15,16). The number of hydrogen-bond donors (Lipinski definition) is 1. The number of aromatic nitrogens is 2. The van der Waals surface area contributed by atoms with Gasteiger partial charge < -0.3 is 15.0 Å². The quantitative estimate of drug-likeness (QED) is 0.887. The average molecular weight is 264 g/mol. The zero-order valence-electron chi connectivity index (χ0n) is 11.4. The van der Waals surface area contributed by atoms with E-state index in [1.165, 1.54) is 12.7 Å². The fourth-order valence-electron chi connectivity index (χ4n) is 2.20. The minimum atomic E-state index is -0.294. The van der Waals surface area contributed by atoms with E-state index >= 15 is 0 Å². The van der Waals surface area contributed by atoms with E-state index in [0.29, 0.717) is 11.7 Å². The summed E-state index contributed by atoms with van der Waals surface area (Å²) in [5.74, 6) is 1.21. The maximum Gasteiger partial charge on any atom is 0.244 e. The van der Waals surface area contributed by atoms with Crippen molar-refractivity contribution >= 4 is 11.7 Å². The van der Waals surface area contributed by atoms with Gasteiger partial charge in [0.05, 0.1) is 7.11 Å². The Morgan fingerprint density at radius 1 is 1.37 bits per heavy atom. The molecule has 2 rings (SSSR count). The summed E-state index contributed by atoms with van der Waals surface area (Å²) in [5.41, 5.74) is 0. The van der Waals surface area contributed by atoms with Crippen LogP contribution in [0.4, 0.5) is 5.82 Å². The van der Waals surface area contributed by atoms with Crippen molar-refractivity contribution in [3.8, 4) is 5.88 Å². The highest BCUT2D eigenvalue weighted by Crippen LogP contribution is 2.14. The van der Waals surface area contributed by atoms with Gasteiger partial charge in [-0.2, -0.15) is 0 Å². The van der Waals surface area contributed by atoms with E-state index in [9.17, 15) is 4.79 Å². The molecule has 0 bridgehead atoms. The van der Waals surface area contributed by atoms with E-state index in [1.807, 2.05) is 11.8 Å². The molecule has 6 heteroatoms. The third-order valence-corrected chi connectivity index (χ3v) is 3.25. The van der Waals surface area contributed by atoms with Gasteiger partial charge in [-0.1, -0.05) is 0 Å². The first-order valence-electron chi connectivity index (χ1n) is 6.62. The molecular formula is C13H20N4O2. The molecule has 0 saturated carbocycles. The van der Waals surface area contributed by atoms with Gasteiger partial charge in [0.25, 0.3) is 0 Å². The minimum absolute atomic E-state index is 0.122. The summed E-state index contributed by atoms with van der Waals surface area (Å²) < 4.78 is 5.03. The second kappa shape index (κ2) is 6.36. The number of hydrogen-bond acceptors (Lipinski definition) is 5. The number of piperidine rings is 1. The number of methoxy groups -OCH3 is 1. The van der Waals surface area contributed by atoms with E-state index in [0.717, 1.165) is 25.9 Å². The Morgan fingerprint density at radius 2 is 2.11 bits per heavy atom. The van der Waals surface area contributed by atoms with Crippen molar-refractivity contribution in [2.45, 2.75) is 32.2 Å². The number of carbonyl (C=O) groups excluding carboxylic acids is 1. The molecule has 2 heterocycles. The first-order valence-corrected chi connectivity index (χ1v) is 6.62. The van der Waals surface area contributed by atoms with E-state index in [2.05, 4.69) is 15.3 Å². The second-order valence-corrected chi connectivity index (χ2v) is 4.70. The van der Waals surface area contributed by atoms with Crippen molar-refractivity contribution in [1.29, 1.82) is 0 Å². The summed E-state index contributed by atoms with van der Waals surface area (Å²) in [4.78, 5) is 22.2. The molecule has 6 nitrogen and oxygen atoms in total. The van der Waals surface area contributed by atoms with Crippen LogP contribution in [0.15, 0.2) is 12.4 Å². The third kappa shape index (κ3) is 3.56. The van der Waals surface area contributed by atoms with Crippen LogP contribution in [0.25, 0.3) is 0 Å². The first kappa shape index (κ1) is 13.6. The normalized spacial score (nSPS) is 16.8. The minimum Gasteiger partial charge on any atom is -0.481 e. The molecule has 1 aliphatic heterocycles. The van der Waals surface area contributed by atoms with Crippen LogP contribution in [0.3, 0.4) is 0 Å². The monoisotopic (exact) mass is 264 g/mol. The van der Waals surface area contributed by atoms with Gasteiger partial charge in [0.1, 0.15) is 18.2 Å². The Morgan fingerprint density at radius 3 is 2.79 bits per heavy atom. The van der Waals surface area contributed by atoms with Gasteiger partial charge in [0, 0.05) is 19.2 Å². The Balaban J connectivity index is 1.95. The topological polar surface area (TPSA) is 67.3 Å². The lowest BCUT2D eigenvalue weighted by atomic mass is 10.1. The number of rotatable bonds is 4. The maximum absolute atomic E-state index is 12.2. The van der Waals surface area contributed by atoms with E-state index in [4.69, 9.17) is 4.74 Å². The van der Waals surface area contributed by atoms with Crippen LogP contribution in [0.1, 0.15) is 26.2 Å². The van der Waals surface area contributed by atoms with Crippen LogP contribution >= 0.6 is 0 Å². The molecule has 1 atom stereocenters. The summed E-state index contributed by atoms with van der Waals surface area (Å²) in [6.45, 7) is 3.57. The van der Waals surface area contributed by atoms with Gasteiger partial charge in [-0.3, -0.25) is 4.79 Å². The summed E-state index contributed by atoms with van der Waals surface area (Å²) >= 11 is 0. The van der Waals surface area contributed by atoms with Gasteiger partial charge in [-0.15, -0.1) is 0 Å². The molecule has 1 N–H and O–H groups in total.